The van der Waals surface area contributed by atoms with Crippen LogP contribution in [0, 0.1) is 0 Å². The average Bonchev–Trinajstić information content (AvgIpc) is 2.53. The van der Waals surface area contributed by atoms with E-state index in [-0.39, 0.29) is 5.97 Å². The van der Waals surface area contributed by atoms with Gasteiger partial charge in [-0.1, -0.05) is 0 Å². The Hall–Kier alpha value is -1.82. The van der Waals surface area contributed by atoms with E-state index in [0.29, 0.717) is 5.56 Å². The number of rotatable bonds is 2. The van der Waals surface area contributed by atoms with Crippen LogP contribution in [0.25, 0.3) is 10.9 Å². The highest BCUT2D eigenvalue weighted by molar-refractivity contribution is 7.99. The number of benzene rings is 1. The van der Waals surface area contributed by atoms with Crippen LogP contribution in [0.3, 0.4) is 0 Å². The molecule has 1 aliphatic rings. The van der Waals surface area contributed by atoms with Gasteiger partial charge in [0, 0.05) is 30.0 Å². The summed E-state index contributed by atoms with van der Waals surface area (Å²) in [5.74, 6) is 2.84. The second kappa shape index (κ2) is 5.66. The molecule has 6 heteroatoms. The number of hydrogen-bond acceptors (Lipinski definition) is 6. The maximum absolute atomic E-state index is 11.6. The Morgan fingerprint density at radius 2 is 2.10 bits per heavy atom. The highest BCUT2D eigenvalue weighted by Gasteiger charge is 2.16. The molecular weight excluding hydrogens is 274 g/mol. The minimum atomic E-state index is -0.346. The number of carbonyl (C=O) groups excluding carboxylic acids is 1. The first-order chi connectivity index (χ1) is 9.79. The predicted molar refractivity (Wildman–Crippen MR) is 80.4 cm³/mol. The van der Waals surface area contributed by atoms with Gasteiger partial charge in [0.15, 0.2) is 0 Å². The Kier molecular flexibility index (Phi) is 3.73. The number of anilines is 1. The first kappa shape index (κ1) is 13.2. The van der Waals surface area contributed by atoms with Gasteiger partial charge in [-0.2, -0.15) is 11.8 Å². The number of ether oxygens (including phenoxy) is 1. The van der Waals surface area contributed by atoms with E-state index >= 15 is 0 Å². The molecule has 0 saturated carbocycles. The number of hydrogen-bond donors (Lipinski definition) is 0. The fraction of sp³-hybridized carbons (Fsp3) is 0.357. The quantitative estimate of drug-likeness (QED) is 0.788. The van der Waals surface area contributed by atoms with Crippen molar-refractivity contribution >= 4 is 34.5 Å². The lowest BCUT2D eigenvalue weighted by Gasteiger charge is -2.28. The minimum absolute atomic E-state index is 0.346. The molecule has 1 aromatic heterocycles. The lowest BCUT2D eigenvalue weighted by atomic mass is 10.1. The predicted octanol–water partition coefficient (Wildman–Crippen LogP) is 1.97. The zero-order valence-corrected chi connectivity index (χ0v) is 12.0. The van der Waals surface area contributed by atoms with Crippen LogP contribution >= 0.6 is 11.8 Å². The van der Waals surface area contributed by atoms with Crippen LogP contribution in [0.5, 0.6) is 0 Å². The van der Waals surface area contributed by atoms with Crippen molar-refractivity contribution in [2.24, 2.45) is 0 Å². The first-order valence-electron chi connectivity index (χ1n) is 6.45. The van der Waals surface area contributed by atoms with Crippen LogP contribution in [0.2, 0.25) is 0 Å². The van der Waals surface area contributed by atoms with E-state index in [2.05, 4.69) is 14.9 Å². The topological polar surface area (TPSA) is 55.3 Å². The standard InChI is InChI=1S/C14H15N3O2S/c1-19-14(18)10-2-3-11-12(8-10)15-9-16-13(11)17-4-6-20-7-5-17/h2-3,8-9H,4-7H2,1H3. The Balaban J connectivity index is 2.03. The average molecular weight is 289 g/mol. The molecule has 0 amide bonds. The zero-order valence-electron chi connectivity index (χ0n) is 11.2. The molecule has 0 unspecified atom stereocenters. The van der Waals surface area contributed by atoms with Gasteiger partial charge in [0.1, 0.15) is 12.1 Å². The lowest BCUT2D eigenvalue weighted by Crippen LogP contribution is -2.33. The summed E-state index contributed by atoms with van der Waals surface area (Å²) in [6.07, 6.45) is 1.56. The minimum Gasteiger partial charge on any atom is -0.465 e. The molecule has 0 atom stereocenters. The molecule has 0 radical (unpaired) electrons. The van der Waals surface area contributed by atoms with E-state index in [1.807, 2.05) is 17.8 Å². The van der Waals surface area contributed by atoms with Crippen LogP contribution in [-0.2, 0) is 4.74 Å². The lowest BCUT2D eigenvalue weighted by molar-refractivity contribution is 0.0601. The summed E-state index contributed by atoms with van der Waals surface area (Å²) in [6.45, 7) is 1.99. The van der Waals surface area contributed by atoms with Crippen molar-refractivity contribution in [1.29, 1.82) is 0 Å². The molecule has 0 spiro atoms. The van der Waals surface area contributed by atoms with Crippen molar-refractivity contribution in [2.45, 2.75) is 0 Å². The number of fused-ring (bicyclic) bond motifs is 1. The number of aromatic nitrogens is 2. The van der Waals surface area contributed by atoms with Gasteiger partial charge in [-0.25, -0.2) is 14.8 Å². The van der Waals surface area contributed by atoms with E-state index in [0.717, 1.165) is 41.3 Å². The molecule has 5 nitrogen and oxygen atoms in total. The number of thioether (sulfide) groups is 1. The SMILES string of the molecule is COC(=O)c1ccc2c(N3CCSCC3)ncnc2c1. The monoisotopic (exact) mass is 289 g/mol. The third-order valence-corrected chi connectivity index (χ3v) is 4.29. The molecule has 1 aromatic carbocycles. The summed E-state index contributed by atoms with van der Waals surface area (Å²) in [5, 5.41) is 0.979. The Morgan fingerprint density at radius 1 is 1.30 bits per heavy atom. The third kappa shape index (κ3) is 2.43. The fourth-order valence-electron chi connectivity index (χ4n) is 2.31. The van der Waals surface area contributed by atoms with Gasteiger partial charge < -0.3 is 9.64 Å². The highest BCUT2D eigenvalue weighted by atomic mass is 32.2. The van der Waals surface area contributed by atoms with E-state index < -0.39 is 0 Å². The van der Waals surface area contributed by atoms with Crippen molar-refractivity contribution in [3.63, 3.8) is 0 Å². The number of esters is 1. The van der Waals surface area contributed by atoms with Crippen LogP contribution < -0.4 is 4.90 Å². The van der Waals surface area contributed by atoms with Gasteiger partial charge in [-0.3, -0.25) is 0 Å². The molecule has 0 N–H and O–H groups in total. The Morgan fingerprint density at radius 3 is 2.85 bits per heavy atom. The Bertz CT molecular complexity index is 641. The van der Waals surface area contributed by atoms with Crippen molar-refractivity contribution in [3.8, 4) is 0 Å². The molecular formula is C14H15N3O2S. The van der Waals surface area contributed by atoms with Gasteiger partial charge >= 0.3 is 5.97 Å². The molecule has 2 heterocycles. The summed E-state index contributed by atoms with van der Waals surface area (Å²) in [5.41, 5.74) is 1.29. The summed E-state index contributed by atoms with van der Waals surface area (Å²) < 4.78 is 4.74. The molecule has 0 aliphatic carbocycles. The van der Waals surface area contributed by atoms with E-state index in [1.165, 1.54) is 7.11 Å². The van der Waals surface area contributed by atoms with Crippen molar-refractivity contribution in [3.05, 3.63) is 30.1 Å². The second-order valence-electron chi connectivity index (χ2n) is 4.52. The van der Waals surface area contributed by atoms with Gasteiger partial charge in [0.25, 0.3) is 0 Å². The van der Waals surface area contributed by atoms with Crippen LogP contribution in [0.1, 0.15) is 10.4 Å². The van der Waals surface area contributed by atoms with E-state index in [1.54, 1.807) is 18.5 Å². The smallest absolute Gasteiger partial charge is 0.337 e. The second-order valence-corrected chi connectivity index (χ2v) is 5.74. The molecule has 104 valence electrons. The molecule has 1 aliphatic heterocycles. The summed E-state index contributed by atoms with van der Waals surface area (Å²) >= 11 is 1.96. The van der Waals surface area contributed by atoms with E-state index in [9.17, 15) is 4.79 Å². The largest absolute Gasteiger partial charge is 0.465 e. The maximum Gasteiger partial charge on any atom is 0.337 e. The van der Waals surface area contributed by atoms with Crippen molar-refractivity contribution in [1.82, 2.24) is 9.97 Å². The molecule has 1 fully saturated rings. The van der Waals surface area contributed by atoms with Gasteiger partial charge in [-0.05, 0) is 18.2 Å². The third-order valence-electron chi connectivity index (χ3n) is 3.35. The zero-order chi connectivity index (χ0) is 13.9. The maximum atomic E-state index is 11.6. The molecule has 2 aromatic rings. The van der Waals surface area contributed by atoms with Gasteiger partial charge in [0.05, 0.1) is 18.2 Å². The van der Waals surface area contributed by atoms with Crippen molar-refractivity contribution in [2.75, 3.05) is 36.6 Å². The van der Waals surface area contributed by atoms with Crippen LogP contribution in [-0.4, -0.2) is 47.6 Å². The number of carbonyl (C=O) groups is 1. The number of methoxy groups -OCH3 is 1. The summed E-state index contributed by atoms with van der Waals surface area (Å²) in [7, 11) is 1.38. The molecule has 0 bridgehead atoms. The van der Waals surface area contributed by atoms with Crippen molar-refractivity contribution < 1.29 is 9.53 Å². The first-order valence-corrected chi connectivity index (χ1v) is 7.61. The molecule has 3 rings (SSSR count). The molecule has 20 heavy (non-hydrogen) atoms. The Labute approximate surface area is 121 Å². The normalized spacial score (nSPS) is 15.3. The summed E-state index contributed by atoms with van der Waals surface area (Å²) in [6, 6.07) is 5.42. The summed E-state index contributed by atoms with van der Waals surface area (Å²) in [4.78, 5) is 22.5. The van der Waals surface area contributed by atoms with Gasteiger partial charge in [-0.15, -0.1) is 0 Å². The van der Waals surface area contributed by atoms with Crippen LogP contribution in [0.4, 0.5) is 5.82 Å². The van der Waals surface area contributed by atoms with Gasteiger partial charge in [0.2, 0.25) is 0 Å². The fourth-order valence-corrected chi connectivity index (χ4v) is 3.22. The number of nitrogens with zero attached hydrogens (tertiary/aromatic N) is 3. The van der Waals surface area contributed by atoms with E-state index in [4.69, 9.17) is 4.74 Å². The highest BCUT2D eigenvalue weighted by Crippen LogP contribution is 2.26. The van der Waals surface area contributed by atoms with Crippen LogP contribution in [0.15, 0.2) is 24.5 Å². The molecule has 1 saturated heterocycles.